The minimum Gasteiger partial charge on any atom is -0.492 e. The number of fused-ring (bicyclic) bond motifs is 1. The summed E-state index contributed by atoms with van der Waals surface area (Å²) in [6.45, 7) is 5.59. The van der Waals surface area contributed by atoms with Crippen LogP contribution in [0.5, 0.6) is 5.75 Å². The Morgan fingerprint density at radius 1 is 1.23 bits per heavy atom. The van der Waals surface area contributed by atoms with Gasteiger partial charge in [0.25, 0.3) is 0 Å². The van der Waals surface area contributed by atoms with Crippen LogP contribution in [0.4, 0.5) is 0 Å². The van der Waals surface area contributed by atoms with Gasteiger partial charge in [0.05, 0.1) is 31.0 Å². The highest BCUT2D eigenvalue weighted by atomic mass is 16.5. The standard InChI is InChI=1S/C22H25N7O2/c1-2-31-20-7-15(13-29-21(20)16(8-23)11-26-29)18-12-25-28(14-18)19-3-5-27(6-4-19)22(30)17-9-24-10-17/h7,11-14,17,19,24H,2-6,9-10H2,1H3. The Kier molecular flexibility index (Phi) is 5.08. The fourth-order valence-corrected chi connectivity index (χ4v) is 4.35. The molecule has 0 atom stereocenters. The summed E-state index contributed by atoms with van der Waals surface area (Å²) in [5.74, 6) is 1.08. The minimum absolute atomic E-state index is 0.158. The molecule has 0 radical (unpaired) electrons. The molecule has 31 heavy (non-hydrogen) atoms. The average molecular weight is 419 g/mol. The molecule has 0 bridgehead atoms. The van der Waals surface area contributed by atoms with E-state index in [9.17, 15) is 10.1 Å². The Hall–Kier alpha value is -3.38. The number of pyridine rings is 1. The van der Waals surface area contributed by atoms with Gasteiger partial charge in [-0.15, -0.1) is 0 Å². The Bertz CT molecular complexity index is 1150. The van der Waals surface area contributed by atoms with Crippen LogP contribution in [0.15, 0.2) is 30.9 Å². The van der Waals surface area contributed by atoms with Gasteiger partial charge < -0.3 is 15.0 Å². The molecule has 1 N–H and O–H groups in total. The summed E-state index contributed by atoms with van der Waals surface area (Å²) >= 11 is 0. The van der Waals surface area contributed by atoms with Crippen LogP contribution in [0.1, 0.15) is 31.4 Å². The number of hydrogen-bond donors (Lipinski definition) is 1. The molecular formula is C22H25N7O2. The van der Waals surface area contributed by atoms with E-state index in [2.05, 4.69) is 21.6 Å². The molecule has 0 unspecified atom stereocenters. The maximum atomic E-state index is 12.5. The number of amides is 1. The predicted molar refractivity (Wildman–Crippen MR) is 114 cm³/mol. The quantitative estimate of drug-likeness (QED) is 0.677. The van der Waals surface area contributed by atoms with E-state index in [1.54, 1.807) is 10.7 Å². The number of carbonyl (C=O) groups excluding carboxylic acids is 1. The molecule has 2 aliphatic heterocycles. The average Bonchev–Trinajstić information content (AvgIpc) is 3.40. The SMILES string of the molecule is CCOc1cc(-c2cnn(C3CCN(C(=O)C4CNC4)CC3)c2)cn2ncc(C#N)c12. The number of rotatable bonds is 5. The highest BCUT2D eigenvalue weighted by Gasteiger charge is 2.32. The number of nitriles is 1. The summed E-state index contributed by atoms with van der Waals surface area (Å²) in [6.07, 6.45) is 9.16. The van der Waals surface area contributed by atoms with Crippen molar-refractivity contribution < 1.29 is 9.53 Å². The Labute approximate surface area is 180 Å². The summed E-state index contributed by atoms with van der Waals surface area (Å²) in [5.41, 5.74) is 3.07. The number of nitrogens with zero attached hydrogens (tertiary/aromatic N) is 6. The second-order valence-corrected chi connectivity index (χ2v) is 8.11. The largest absolute Gasteiger partial charge is 0.492 e. The van der Waals surface area contributed by atoms with Crippen molar-refractivity contribution in [2.45, 2.75) is 25.8 Å². The molecule has 2 saturated heterocycles. The molecule has 0 saturated carbocycles. The van der Waals surface area contributed by atoms with Crippen LogP contribution < -0.4 is 10.1 Å². The van der Waals surface area contributed by atoms with Crippen molar-refractivity contribution in [3.8, 4) is 22.9 Å². The lowest BCUT2D eigenvalue weighted by Crippen LogP contribution is -2.53. The topological polar surface area (TPSA) is 100 Å². The number of piperidine rings is 1. The van der Waals surface area contributed by atoms with Gasteiger partial charge in [0.1, 0.15) is 22.9 Å². The van der Waals surface area contributed by atoms with E-state index < -0.39 is 0 Å². The maximum absolute atomic E-state index is 12.5. The summed E-state index contributed by atoms with van der Waals surface area (Å²) in [7, 11) is 0. The molecule has 9 nitrogen and oxygen atoms in total. The van der Waals surface area contributed by atoms with Crippen molar-refractivity contribution in [3.63, 3.8) is 0 Å². The molecule has 160 valence electrons. The molecule has 5 rings (SSSR count). The normalized spacial score (nSPS) is 17.5. The van der Waals surface area contributed by atoms with Crippen molar-refractivity contribution in [1.82, 2.24) is 29.6 Å². The fourth-order valence-electron chi connectivity index (χ4n) is 4.35. The molecule has 3 aromatic rings. The molecule has 0 spiro atoms. The molecular weight excluding hydrogens is 394 g/mol. The third-order valence-corrected chi connectivity index (χ3v) is 6.21. The lowest BCUT2D eigenvalue weighted by Gasteiger charge is -2.37. The third kappa shape index (κ3) is 3.53. The van der Waals surface area contributed by atoms with Gasteiger partial charge in [-0.3, -0.25) is 9.48 Å². The van der Waals surface area contributed by atoms with Gasteiger partial charge in [0.2, 0.25) is 5.91 Å². The van der Waals surface area contributed by atoms with E-state index in [4.69, 9.17) is 4.74 Å². The van der Waals surface area contributed by atoms with Crippen molar-refractivity contribution in [3.05, 3.63) is 36.4 Å². The van der Waals surface area contributed by atoms with Crippen LogP contribution in [0.2, 0.25) is 0 Å². The lowest BCUT2D eigenvalue weighted by atomic mass is 9.98. The number of nitrogens with one attached hydrogen (secondary N) is 1. The van der Waals surface area contributed by atoms with Crippen molar-refractivity contribution >= 4 is 11.4 Å². The van der Waals surface area contributed by atoms with Gasteiger partial charge in [-0.25, -0.2) is 4.52 Å². The van der Waals surface area contributed by atoms with E-state index in [-0.39, 0.29) is 17.9 Å². The van der Waals surface area contributed by atoms with E-state index >= 15 is 0 Å². The molecule has 5 heterocycles. The highest BCUT2D eigenvalue weighted by molar-refractivity contribution is 5.80. The van der Waals surface area contributed by atoms with Gasteiger partial charge >= 0.3 is 0 Å². The zero-order valence-corrected chi connectivity index (χ0v) is 17.5. The van der Waals surface area contributed by atoms with E-state index in [0.29, 0.717) is 23.4 Å². The first-order valence-electron chi connectivity index (χ1n) is 10.8. The molecule has 0 aliphatic carbocycles. The van der Waals surface area contributed by atoms with Gasteiger partial charge in [0, 0.05) is 49.7 Å². The number of carbonyl (C=O) groups is 1. The molecule has 2 aliphatic rings. The lowest BCUT2D eigenvalue weighted by molar-refractivity contribution is -0.138. The monoisotopic (exact) mass is 419 g/mol. The van der Waals surface area contributed by atoms with Crippen LogP contribution in [-0.4, -0.2) is 63.0 Å². The number of likely N-dealkylation sites (tertiary alicyclic amines) is 1. The first kappa shape index (κ1) is 19.6. The van der Waals surface area contributed by atoms with Gasteiger partial charge in [-0.05, 0) is 25.8 Å². The zero-order valence-electron chi connectivity index (χ0n) is 17.5. The van der Waals surface area contributed by atoms with Crippen LogP contribution in [0, 0.1) is 17.2 Å². The van der Waals surface area contributed by atoms with Crippen molar-refractivity contribution in [2.24, 2.45) is 5.92 Å². The highest BCUT2D eigenvalue weighted by Crippen LogP contribution is 2.31. The number of hydrogen-bond acceptors (Lipinski definition) is 6. The maximum Gasteiger partial charge on any atom is 0.228 e. The summed E-state index contributed by atoms with van der Waals surface area (Å²) in [4.78, 5) is 14.5. The fraction of sp³-hybridized carbons (Fsp3) is 0.455. The third-order valence-electron chi connectivity index (χ3n) is 6.21. The van der Waals surface area contributed by atoms with Gasteiger partial charge in [0.15, 0.2) is 0 Å². The van der Waals surface area contributed by atoms with E-state index in [1.165, 1.54) is 0 Å². The Morgan fingerprint density at radius 2 is 2.03 bits per heavy atom. The van der Waals surface area contributed by atoms with E-state index in [0.717, 1.165) is 50.1 Å². The molecule has 0 aromatic carbocycles. The summed E-state index contributed by atoms with van der Waals surface area (Å²) in [5, 5.41) is 21.4. The second-order valence-electron chi connectivity index (χ2n) is 8.11. The van der Waals surface area contributed by atoms with Crippen LogP contribution in [-0.2, 0) is 4.79 Å². The summed E-state index contributed by atoms with van der Waals surface area (Å²) in [6, 6.07) is 4.39. The van der Waals surface area contributed by atoms with Gasteiger partial charge in [-0.2, -0.15) is 15.5 Å². The van der Waals surface area contributed by atoms with Gasteiger partial charge in [-0.1, -0.05) is 0 Å². The first-order chi connectivity index (χ1) is 15.2. The molecule has 1 amide bonds. The smallest absolute Gasteiger partial charge is 0.228 e. The van der Waals surface area contributed by atoms with E-state index in [1.807, 2.05) is 41.2 Å². The van der Waals surface area contributed by atoms with Crippen molar-refractivity contribution in [2.75, 3.05) is 32.8 Å². The Balaban J connectivity index is 1.34. The molecule has 3 aromatic heterocycles. The van der Waals surface area contributed by atoms with Crippen LogP contribution in [0.25, 0.3) is 16.6 Å². The van der Waals surface area contributed by atoms with Crippen molar-refractivity contribution in [1.29, 1.82) is 5.26 Å². The van der Waals surface area contributed by atoms with Crippen LogP contribution >= 0.6 is 0 Å². The molecule has 9 heteroatoms. The molecule has 2 fully saturated rings. The first-order valence-corrected chi connectivity index (χ1v) is 10.8. The summed E-state index contributed by atoms with van der Waals surface area (Å²) < 4.78 is 9.49. The van der Waals surface area contributed by atoms with Crippen LogP contribution in [0.3, 0.4) is 0 Å². The predicted octanol–water partition coefficient (Wildman–Crippen LogP) is 1.85. The minimum atomic E-state index is 0.158. The Morgan fingerprint density at radius 3 is 2.71 bits per heavy atom. The number of aromatic nitrogens is 4. The zero-order chi connectivity index (χ0) is 21.4. The number of ether oxygens (including phenoxy) is 1. The second kappa shape index (κ2) is 8.04.